The van der Waals surface area contributed by atoms with Gasteiger partial charge in [0, 0.05) is 31.9 Å². The number of ether oxygens (including phenoxy) is 1. The van der Waals surface area contributed by atoms with E-state index >= 15 is 0 Å². The van der Waals surface area contributed by atoms with Crippen molar-refractivity contribution in [2.45, 2.75) is 63.5 Å². The molecule has 0 aliphatic heterocycles. The van der Waals surface area contributed by atoms with E-state index in [1.807, 2.05) is 12.1 Å². The van der Waals surface area contributed by atoms with E-state index in [2.05, 4.69) is 23.2 Å². The highest BCUT2D eigenvalue weighted by atomic mass is 32.2. The van der Waals surface area contributed by atoms with E-state index in [4.69, 9.17) is 10.00 Å². The highest BCUT2D eigenvalue weighted by Crippen LogP contribution is 2.27. The number of nitrogens with zero attached hydrogens (tertiary/aromatic N) is 3. The molecule has 7 nitrogen and oxygen atoms in total. The molecule has 1 aromatic rings. The van der Waals surface area contributed by atoms with Crippen LogP contribution < -0.4 is 4.72 Å². The fourth-order valence-corrected chi connectivity index (χ4v) is 5.19. The lowest BCUT2D eigenvalue weighted by Gasteiger charge is -2.34. The number of nitriles is 1. The summed E-state index contributed by atoms with van der Waals surface area (Å²) in [5.41, 5.74) is 0.955. The van der Waals surface area contributed by atoms with Crippen LogP contribution in [0.4, 0.5) is 5.69 Å². The van der Waals surface area contributed by atoms with E-state index < -0.39 is 10.2 Å². The van der Waals surface area contributed by atoms with Gasteiger partial charge in [-0.05, 0) is 76.4 Å². The van der Waals surface area contributed by atoms with Gasteiger partial charge in [-0.1, -0.05) is 18.9 Å². The highest BCUT2D eigenvalue weighted by Gasteiger charge is 2.30. The molecule has 0 aromatic heterocycles. The van der Waals surface area contributed by atoms with Crippen molar-refractivity contribution in [2.24, 2.45) is 0 Å². The molecule has 0 radical (unpaired) electrons. The summed E-state index contributed by atoms with van der Waals surface area (Å²) >= 11 is 0. The van der Waals surface area contributed by atoms with Gasteiger partial charge < -0.3 is 9.64 Å². The van der Waals surface area contributed by atoms with Gasteiger partial charge in [-0.15, -0.1) is 6.58 Å². The Bertz CT molecular complexity index is 828. The number of likely N-dealkylation sites (N-methyl/N-ethyl adjacent to an activating group) is 1. The molecule has 2 rings (SSSR count). The van der Waals surface area contributed by atoms with Crippen molar-refractivity contribution < 1.29 is 13.2 Å². The van der Waals surface area contributed by atoms with Crippen molar-refractivity contribution in [3.8, 4) is 6.07 Å². The molecular weight excluding hydrogens is 424 g/mol. The predicted molar refractivity (Wildman–Crippen MR) is 130 cm³/mol. The molecule has 0 saturated heterocycles. The molecule has 0 bridgehead atoms. The second kappa shape index (κ2) is 13.6. The molecule has 0 unspecified atom stereocenters. The van der Waals surface area contributed by atoms with E-state index in [0.29, 0.717) is 11.3 Å². The van der Waals surface area contributed by atoms with Gasteiger partial charge in [-0.25, -0.2) is 0 Å². The molecule has 0 amide bonds. The number of unbranched alkanes of at least 4 members (excludes halogenated alkanes) is 3. The molecule has 1 aromatic carbocycles. The molecule has 1 fully saturated rings. The minimum Gasteiger partial charge on any atom is -0.378 e. The topological polar surface area (TPSA) is 85.7 Å². The largest absolute Gasteiger partial charge is 0.378 e. The minimum atomic E-state index is -3.64. The fourth-order valence-electron chi connectivity index (χ4n) is 4.00. The number of benzene rings is 1. The van der Waals surface area contributed by atoms with Crippen LogP contribution in [0.25, 0.3) is 0 Å². The van der Waals surface area contributed by atoms with Crippen molar-refractivity contribution in [3.63, 3.8) is 0 Å². The lowest BCUT2D eigenvalue weighted by Crippen LogP contribution is -2.43. The summed E-state index contributed by atoms with van der Waals surface area (Å²) in [4.78, 5) is 2.28. The summed E-state index contributed by atoms with van der Waals surface area (Å²) in [6.07, 6.45) is 10.2. The average molecular weight is 463 g/mol. The number of hydrogen-bond donors (Lipinski definition) is 1. The van der Waals surface area contributed by atoms with Crippen molar-refractivity contribution in [2.75, 3.05) is 38.5 Å². The first-order valence-corrected chi connectivity index (χ1v) is 13.0. The molecule has 1 N–H and O–H groups in total. The van der Waals surface area contributed by atoms with Crippen LogP contribution >= 0.6 is 0 Å². The number of nitrogens with one attached hydrogen (secondary N) is 1. The van der Waals surface area contributed by atoms with Crippen LogP contribution in [-0.2, 0) is 14.9 Å². The zero-order valence-electron chi connectivity index (χ0n) is 19.5. The zero-order valence-corrected chi connectivity index (χ0v) is 20.3. The van der Waals surface area contributed by atoms with Crippen LogP contribution in [0.3, 0.4) is 0 Å². The zero-order chi connectivity index (χ0) is 23.4. The van der Waals surface area contributed by atoms with Crippen molar-refractivity contribution in [1.82, 2.24) is 9.21 Å². The molecule has 1 aliphatic carbocycles. The third-order valence-electron chi connectivity index (χ3n) is 6.03. The van der Waals surface area contributed by atoms with Crippen molar-refractivity contribution in [1.29, 1.82) is 5.26 Å². The number of hydrogen-bond acceptors (Lipinski definition) is 5. The smallest absolute Gasteiger partial charge is 0.301 e. The van der Waals surface area contributed by atoms with Crippen LogP contribution in [0.2, 0.25) is 0 Å². The molecule has 0 spiro atoms. The molecule has 0 atom stereocenters. The van der Waals surface area contributed by atoms with Crippen LogP contribution in [0.1, 0.15) is 56.9 Å². The summed E-state index contributed by atoms with van der Waals surface area (Å²) in [5.74, 6) is 0. The molecule has 1 aliphatic rings. The third-order valence-corrected chi connectivity index (χ3v) is 7.58. The van der Waals surface area contributed by atoms with E-state index in [0.717, 1.165) is 51.8 Å². The Hall–Kier alpha value is -1.92. The van der Waals surface area contributed by atoms with E-state index in [1.54, 1.807) is 31.3 Å². The second-order valence-corrected chi connectivity index (χ2v) is 10.3. The van der Waals surface area contributed by atoms with Crippen molar-refractivity contribution >= 4 is 15.9 Å². The van der Waals surface area contributed by atoms with E-state index in [1.165, 1.54) is 23.6 Å². The minimum absolute atomic E-state index is 0.0294. The van der Waals surface area contributed by atoms with Crippen molar-refractivity contribution in [3.05, 3.63) is 42.5 Å². The maximum absolute atomic E-state index is 12.7. The second-order valence-electron chi connectivity index (χ2n) is 8.58. The first-order valence-electron chi connectivity index (χ1n) is 11.5. The Kier molecular flexibility index (Phi) is 11.2. The Balaban J connectivity index is 1.64. The summed E-state index contributed by atoms with van der Waals surface area (Å²) in [7, 11) is 0.108. The third kappa shape index (κ3) is 8.91. The van der Waals surface area contributed by atoms with Gasteiger partial charge >= 0.3 is 10.2 Å². The van der Waals surface area contributed by atoms with Crippen LogP contribution in [0.5, 0.6) is 0 Å². The Labute approximate surface area is 194 Å². The molecule has 0 heterocycles. The van der Waals surface area contributed by atoms with Crippen LogP contribution in [0.15, 0.2) is 36.9 Å². The van der Waals surface area contributed by atoms with Crippen LogP contribution in [0, 0.1) is 11.3 Å². The lowest BCUT2D eigenvalue weighted by molar-refractivity contribution is 0.0157. The van der Waals surface area contributed by atoms with Gasteiger partial charge in [0.25, 0.3) is 0 Å². The van der Waals surface area contributed by atoms with Gasteiger partial charge in [-0.2, -0.15) is 18.0 Å². The highest BCUT2D eigenvalue weighted by molar-refractivity contribution is 7.90. The average Bonchev–Trinajstić information content (AvgIpc) is 2.79. The Morgan fingerprint density at radius 3 is 2.41 bits per heavy atom. The molecule has 1 saturated carbocycles. The Morgan fingerprint density at radius 1 is 1.12 bits per heavy atom. The van der Waals surface area contributed by atoms with Gasteiger partial charge in [0.1, 0.15) is 0 Å². The number of anilines is 1. The monoisotopic (exact) mass is 462 g/mol. The van der Waals surface area contributed by atoms with E-state index in [9.17, 15) is 8.42 Å². The quantitative estimate of drug-likeness (QED) is 0.332. The first-order chi connectivity index (χ1) is 15.4. The molecule has 178 valence electrons. The normalized spacial score (nSPS) is 19.1. The molecule has 8 heteroatoms. The maximum Gasteiger partial charge on any atom is 0.301 e. The van der Waals surface area contributed by atoms with Gasteiger partial charge in [0.2, 0.25) is 0 Å². The first kappa shape index (κ1) is 26.3. The summed E-state index contributed by atoms with van der Waals surface area (Å²) in [6.45, 7) is 6.59. The molecular formula is C24H38N4O3S. The fraction of sp³-hybridized carbons (Fsp3) is 0.625. The van der Waals surface area contributed by atoms with Gasteiger partial charge in [-0.3, -0.25) is 4.72 Å². The summed E-state index contributed by atoms with van der Waals surface area (Å²) in [6, 6.07) is 8.41. The Morgan fingerprint density at radius 2 is 1.78 bits per heavy atom. The SMILES string of the molecule is C=CCN(C)CCCCCCOC1CCC(N(C)S(=O)(=O)Nc2ccc(C#N)cc2)CC1. The predicted octanol–water partition coefficient (Wildman–Crippen LogP) is 4.15. The molecule has 32 heavy (non-hydrogen) atoms. The summed E-state index contributed by atoms with van der Waals surface area (Å²) < 4.78 is 35.5. The number of rotatable bonds is 14. The maximum atomic E-state index is 12.7. The summed E-state index contributed by atoms with van der Waals surface area (Å²) in [5, 5.41) is 8.87. The van der Waals surface area contributed by atoms with Crippen LogP contribution in [-0.4, -0.2) is 63.6 Å². The van der Waals surface area contributed by atoms with E-state index in [-0.39, 0.29) is 12.1 Å². The standard InChI is InChI=1S/C24H38N4O3S/c1-4-17-27(2)18-7-5-6-8-19-31-24-15-13-23(14-16-24)28(3)32(29,30)26-22-11-9-21(20-25)10-12-22/h4,9-12,23-24,26H,1,5-8,13-19H2,2-3H3. The van der Waals surface area contributed by atoms with Gasteiger partial charge in [0.05, 0.1) is 17.7 Å². The van der Waals surface area contributed by atoms with Gasteiger partial charge in [0.15, 0.2) is 0 Å². The lowest BCUT2D eigenvalue weighted by atomic mass is 9.93.